The van der Waals surface area contributed by atoms with E-state index < -0.39 is 23.8 Å². The third kappa shape index (κ3) is 2.97. The number of nitrogens with two attached hydrogens (primary N) is 1. The molecule has 0 fully saturated rings. The van der Waals surface area contributed by atoms with Crippen molar-refractivity contribution in [2.45, 2.75) is 26.0 Å². The van der Waals surface area contributed by atoms with Gasteiger partial charge in [0.05, 0.1) is 12.1 Å². The summed E-state index contributed by atoms with van der Waals surface area (Å²) in [6.07, 6.45) is -0.814. The van der Waals surface area contributed by atoms with Crippen LogP contribution in [0.15, 0.2) is 18.2 Å². The first-order valence-electron chi connectivity index (χ1n) is 4.81. The van der Waals surface area contributed by atoms with Crippen LogP contribution < -0.4 is 5.73 Å². The minimum absolute atomic E-state index is 0.0636. The first-order chi connectivity index (χ1) is 6.91. The molecule has 0 radical (unpaired) electrons. The van der Waals surface area contributed by atoms with Crippen LogP contribution in [-0.2, 0) is 0 Å². The third-order valence-corrected chi connectivity index (χ3v) is 2.32. The average molecular weight is 215 g/mol. The molecule has 4 heteroatoms. The third-order valence-electron chi connectivity index (χ3n) is 2.32. The normalized spacial score (nSPS) is 15.4. The Morgan fingerprint density at radius 3 is 2.00 bits per heavy atom. The van der Waals surface area contributed by atoms with E-state index in [1.807, 2.05) is 0 Å². The molecule has 0 aliphatic heterocycles. The first-order valence-corrected chi connectivity index (χ1v) is 4.81. The zero-order valence-corrected chi connectivity index (χ0v) is 8.74. The number of hydrogen-bond donors (Lipinski definition) is 2. The molecule has 0 saturated heterocycles. The molecule has 0 aliphatic rings. The van der Waals surface area contributed by atoms with Gasteiger partial charge in [-0.3, -0.25) is 0 Å². The lowest BCUT2D eigenvalue weighted by Gasteiger charge is -2.22. The second-order valence-electron chi connectivity index (χ2n) is 3.96. The van der Waals surface area contributed by atoms with Crippen molar-refractivity contribution < 1.29 is 13.9 Å². The van der Waals surface area contributed by atoms with Crippen molar-refractivity contribution in [1.82, 2.24) is 0 Å². The van der Waals surface area contributed by atoms with E-state index in [9.17, 15) is 13.9 Å². The first kappa shape index (κ1) is 12.1. The van der Waals surface area contributed by atoms with Crippen LogP contribution >= 0.6 is 0 Å². The number of hydrogen-bond acceptors (Lipinski definition) is 2. The van der Waals surface area contributed by atoms with Crippen molar-refractivity contribution >= 4 is 0 Å². The van der Waals surface area contributed by atoms with Crippen LogP contribution in [0.1, 0.15) is 25.5 Å². The summed E-state index contributed by atoms with van der Waals surface area (Å²) in [6, 6.07) is 2.28. The van der Waals surface area contributed by atoms with Crippen molar-refractivity contribution in [3.63, 3.8) is 0 Å². The van der Waals surface area contributed by atoms with Gasteiger partial charge in [-0.1, -0.05) is 13.8 Å². The molecule has 1 rings (SSSR count). The molecular weight excluding hydrogens is 200 g/mol. The molecule has 2 atom stereocenters. The maximum atomic E-state index is 12.9. The van der Waals surface area contributed by atoms with Gasteiger partial charge >= 0.3 is 0 Å². The van der Waals surface area contributed by atoms with Crippen molar-refractivity contribution in [3.05, 3.63) is 35.4 Å². The second kappa shape index (κ2) is 4.68. The van der Waals surface area contributed by atoms with E-state index in [-0.39, 0.29) is 11.5 Å². The van der Waals surface area contributed by atoms with Gasteiger partial charge in [0.1, 0.15) is 11.6 Å². The SMILES string of the molecule is CC(C)[C@H](O)[C@H](N)c1cc(F)cc(F)c1. The average Bonchev–Trinajstić information content (AvgIpc) is 2.13. The smallest absolute Gasteiger partial charge is 0.126 e. The summed E-state index contributed by atoms with van der Waals surface area (Å²) in [7, 11) is 0. The van der Waals surface area contributed by atoms with Crippen molar-refractivity contribution in [2.24, 2.45) is 11.7 Å². The van der Waals surface area contributed by atoms with Gasteiger partial charge in [-0.15, -0.1) is 0 Å². The molecule has 0 spiro atoms. The number of benzene rings is 1. The Kier molecular flexibility index (Phi) is 3.77. The van der Waals surface area contributed by atoms with Gasteiger partial charge in [-0.05, 0) is 23.6 Å². The van der Waals surface area contributed by atoms with Crippen LogP contribution in [0, 0.1) is 17.6 Å². The van der Waals surface area contributed by atoms with Crippen LogP contribution in [0.4, 0.5) is 8.78 Å². The summed E-state index contributed by atoms with van der Waals surface area (Å²) >= 11 is 0. The summed E-state index contributed by atoms with van der Waals surface area (Å²) < 4.78 is 25.8. The highest BCUT2D eigenvalue weighted by Gasteiger charge is 2.20. The van der Waals surface area contributed by atoms with E-state index >= 15 is 0 Å². The van der Waals surface area contributed by atoms with Crippen LogP contribution in [-0.4, -0.2) is 11.2 Å². The molecule has 3 N–H and O–H groups in total. The van der Waals surface area contributed by atoms with Crippen molar-refractivity contribution in [1.29, 1.82) is 0 Å². The minimum Gasteiger partial charge on any atom is -0.391 e. The minimum atomic E-state index is -0.814. The van der Waals surface area contributed by atoms with E-state index in [1.165, 1.54) is 0 Å². The number of rotatable bonds is 3. The van der Waals surface area contributed by atoms with E-state index in [1.54, 1.807) is 13.8 Å². The number of aliphatic hydroxyl groups is 1. The van der Waals surface area contributed by atoms with Gasteiger partial charge in [0.2, 0.25) is 0 Å². The lowest BCUT2D eigenvalue weighted by atomic mass is 9.94. The highest BCUT2D eigenvalue weighted by atomic mass is 19.1. The van der Waals surface area contributed by atoms with Crippen LogP contribution in [0.5, 0.6) is 0 Å². The monoisotopic (exact) mass is 215 g/mol. The lowest BCUT2D eigenvalue weighted by Crippen LogP contribution is -2.30. The molecule has 0 saturated carbocycles. The molecule has 2 nitrogen and oxygen atoms in total. The second-order valence-corrected chi connectivity index (χ2v) is 3.96. The van der Waals surface area contributed by atoms with E-state index in [0.29, 0.717) is 0 Å². The molecule has 0 heterocycles. The summed E-state index contributed by atoms with van der Waals surface area (Å²) in [6.45, 7) is 3.58. The zero-order valence-electron chi connectivity index (χ0n) is 8.74. The van der Waals surface area contributed by atoms with E-state index in [2.05, 4.69) is 0 Å². The molecular formula is C11H15F2NO. The molecule has 15 heavy (non-hydrogen) atoms. The van der Waals surface area contributed by atoms with Gasteiger partial charge in [-0.2, -0.15) is 0 Å². The van der Waals surface area contributed by atoms with Gasteiger partial charge in [-0.25, -0.2) is 8.78 Å². The molecule has 0 bridgehead atoms. The molecule has 0 aromatic heterocycles. The lowest BCUT2D eigenvalue weighted by molar-refractivity contribution is 0.0977. The fourth-order valence-electron chi connectivity index (χ4n) is 1.38. The van der Waals surface area contributed by atoms with Crippen LogP contribution in [0.3, 0.4) is 0 Å². The van der Waals surface area contributed by atoms with Crippen LogP contribution in [0.2, 0.25) is 0 Å². The summed E-state index contributed by atoms with van der Waals surface area (Å²) in [4.78, 5) is 0. The van der Waals surface area contributed by atoms with Gasteiger partial charge in [0.15, 0.2) is 0 Å². The molecule has 0 unspecified atom stereocenters. The van der Waals surface area contributed by atoms with E-state index in [0.717, 1.165) is 18.2 Å². The Balaban J connectivity index is 2.95. The predicted molar refractivity (Wildman–Crippen MR) is 54.1 cm³/mol. The Morgan fingerprint density at radius 2 is 1.60 bits per heavy atom. The highest BCUT2D eigenvalue weighted by molar-refractivity contribution is 5.22. The largest absolute Gasteiger partial charge is 0.391 e. The Labute approximate surface area is 87.7 Å². The fraction of sp³-hybridized carbons (Fsp3) is 0.455. The Bertz CT molecular complexity index is 321. The molecule has 1 aromatic carbocycles. The highest BCUT2D eigenvalue weighted by Crippen LogP contribution is 2.21. The summed E-state index contributed by atoms with van der Waals surface area (Å²) in [5.41, 5.74) is 5.97. The van der Waals surface area contributed by atoms with E-state index in [4.69, 9.17) is 5.73 Å². The van der Waals surface area contributed by atoms with Gasteiger partial charge in [0.25, 0.3) is 0 Å². The standard InChI is InChI=1S/C11H15F2NO/c1-6(2)11(15)10(14)7-3-8(12)5-9(13)4-7/h3-6,10-11,15H,14H2,1-2H3/t10-,11+/m1/s1. The predicted octanol–water partition coefficient (Wildman–Crippen LogP) is 1.98. The van der Waals surface area contributed by atoms with Gasteiger partial charge < -0.3 is 10.8 Å². The quantitative estimate of drug-likeness (QED) is 0.809. The molecule has 0 aliphatic carbocycles. The van der Waals surface area contributed by atoms with Crippen molar-refractivity contribution in [2.75, 3.05) is 0 Å². The summed E-state index contributed by atoms with van der Waals surface area (Å²) in [5.74, 6) is -1.43. The maximum absolute atomic E-state index is 12.9. The number of halogens is 2. The van der Waals surface area contributed by atoms with Crippen LogP contribution in [0.25, 0.3) is 0 Å². The van der Waals surface area contributed by atoms with Crippen molar-refractivity contribution in [3.8, 4) is 0 Å². The van der Waals surface area contributed by atoms with Gasteiger partial charge in [0, 0.05) is 6.07 Å². The molecule has 0 amide bonds. The summed E-state index contributed by atoms with van der Waals surface area (Å²) in [5, 5.41) is 9.66. The topological polar surface area (TPSA) is 46.2 Å². The Morgan fingerprint density at radius 1 is 1.13 bits per heavy atom. The molecule has 84 valence electrons. The Hall–Kier alpha value is -1.00. The fourth-order valence-corrected chi connectivity index (χ4v) is 1.38. The number of aliphatic hydroxyl groups excluding tert-OH is 1. The molecule has 1 aromatic rings. The zero-order chi connectivity index (χ0) is 11.6. The maximum Gasteiger partial charge on any atom is 0.126 e.